The van der Waals surface area contributed by atoms with Crippen molar-refractivity contribution in [2.24, 2.45) is 17.3 Å². The van der Waals surface area contributed by atoms with E-state index in [9.17, 15) is 4.79 Å². The molecule has 1 rings (SSSR count). The molecule has 1 N–H and O–H groups in total. The highest BCUT2D eigenvalue weighted by Gasteiger charge is 2.31. The molecule has 1 aliphatic carbocycles. The molecule has 0 bridgehead atoms. The lowest BCUT2D eigenvalue weighted by Crippen LogP contribution is -2.27. The molecule has 1 fully saturated rings. The SMILES string of the molecule is C=C(C(=O)O)C1CCC(C(C)(C)C)CC1. The minimum Gasteiger partial charge on any atom is -0.478 e. The Morgan fingerprint density at radius 1 is 1.20 bits per heavy atom. The second-order valence-corrected chi connectivity index (χ2v) is 5.74. The van der Waals surface area contributed by atoms with Crippen LogP contribution in [-0.2, 0) is 4.79 Å². The second-order valence-electron chi connectivity index (χ2n) is 5.74. The maximum Gasteiger partial charge on any atom is 0.331 e. The smallest absolute Gasteiger partial charge is 0.331 e. The van der Waals surface area contributed by atoms with Crippen LogP contribution < -0.4 is 0 Å². The van der Waals surface area contributed by atoms with E-state index in [1.54, 1.807) is 0 Å². The Morgan fingerprint density at radius 3 is 2.00 bits per heavy atom. The predicted octanol–water partition coefficient (Wildman–Crippen LogP) is 3.48. The number of carbonyl (C=O) groups is 1. The van der Waals surface area contributed by atoms with Gasteiger partial charge in [-0.15, -0.1) is 0 Å². The van der Waals surface area contributed by atoms with Crippen molar-refractivity contribution in [1.82, 2.24) is 0 Å². The standard InChI is InChI=1S/C13H22O2/c1-9(12(14)15)10-5-7-11(8-6-10)13(2,3)4/h10-11H,1,5-8H2,2-4H3,(H,14,15). The Morgan fingerprint density at radius 2 is 1.67 bits per heavy atom. The maximum absolute atomic E-state index is 10.8. The van der Waals surface area contributed by atoms with Gasteiger partial charge in [0.05, 0.1) is 0 Å². The van der Waals surface area contributed by atoms with Crippen molar-refractivity contribution in [3.63, 3.8) is 0 Å². The van der Waals surface area contributed by atoms with E-state index in [2.05, 4.69) is 27.4 Å². The molecule has 86 valence electrons. The summed E-state index contributed by atoms with van der Waals surface area (Å²) in [5.41, 5.74) is 0.762. The van der Waals surface area contributed by atoms with Gasteiger partial charge in [-0.1, -0.05) is 27.4 Å². The Hall–Kier alpha value is -0.790. The zero-order valence-electron chi connectivity index (χ0n) is 10.0. The molecule has 0 unspecified atom stereocenters. The van der Waals surface area contributed by atoms with Crippen molar-refractivity contribution in [2.75, 3.05) is 0 Å². The summed E-state index contributed by atoms with van der Waals surface area (Å²) in [6.07, 6.45) is 4.26. The summed E-state index contributed by atoms with van der Waals surface area (Å²) in [6.45, 7) is 10.5. The van der Waals surface area contributed by atoms with Crippen LogP contribution in [0.25, 0.3) is 0 Å². The van der Waals surface area contributed by atoms with Crippen LogP contribution in [0, 0.1) is 17.3 Å². The number of hydrogen-bond donors (Lipinski definition) is 1. The first-order chi connectivity index (χ1) is 6.82. The molecule has 0 aliphatic heterocycles. The van der Waals surface area contributed by atoms with Crippen LogP contribution in [-0.4, -0.2) is 11.1 Å². The molecule has 0 aromatic carbocycles. The fourth-order valence-corrected chi connectivity index (χ4v) is 2.48. The molecule has 0 heterocycles. The Labute approximate surface area is 92.4 Å². The topological polar surface area (TPSA) is 37.3 Å². The molecule has 2 nitrogen and oxygen atoms in total. The summed E-state index contributed by atoms with van der Waals surface area (Å²) in [5, 5.41) is 8.86. The third-order valence-corrected chi connectivity index (χ3v) is 3.72. The number of carboxylic acid groups (broad SMARTS) is 1. The van der Waals surface area contributed by atoms with Gasteiger partial charge in [-0.05, 0) is 42.9 Å². The fraction of sp³-hybridized carbons (Fsp3) is 0.769. The van der Waals surface area contributed by atoms with Crippen molar-refractivity contribution in [3.8, 4) is 0 Å². The molecule has 0 radical (unpaired) electrons. The highest BCUT2D eigenvalue weighted by Crippen LogP contribution is 2.41. The van der Waals surface area contributed by atoms with Gasteiger partial charge in [-0.3, -0.25) is 0 Å². The molecule has 0 aromatic rings. The van der Waals surface area contributed by atoms with E-state index < -0.39 is 5.97 Å². The van der Waals surface area contributed by atoms with Crippen LogP contribution in [0.4, 0.5) is 0 Å². The van der Waals surface area contributed by atoms with Crippen molar-refractivity contribution >= 4 is 5.97 Å². The van der Waals surface area contributed by atoms with Crippen LogP contribution in [0.5, 0.6) is 0 Å². The first kappa shape index (κ1) is 12.3. The lowest BCUT2D eigenvalue weighted by atomic mass is 9.69. The normalized spacial score (nSPS) is 27.4. The number of aliphatic carboxylic acids is 1. The zero-order valence-corrected chi connectivity index (χ0v) is 10.0. The van der Waals surface area contributed by atoms with Gasteiger partial charge < -0.3 is 5.11 Å². The number of carboxylic acids is 1. The lowest BCUT2D eigenvalue weighted by Gasteiger charge is -2.37. The van der Waals surface area contributed by atoms with Gasteiger partial charge in [0.15, 0.2) is 0 Å². The summed E-state index contributed by atoms with van der Waals surface area (Å²) in [4.78, 5) is 10.8. The Kier molecular flexibility index (Phi) is 3.58. The third kappa shape index (κ3) is 3.08. The van der Waals surface area contributed by atoms with Crippen LogP contribution in [0.3, 0.4) is 0 Å². The van der Waals surface area contributed by atoms with Crippen molar-refractivity contribution in [3.05, 3.63) is 12.2 Å². The van der Waals surface area contributed by atoms with Crippen LogP contribution in [0.15, 0.2) is 12.2 Å². The first-order valence-electron chi connectivity index (χ1n) is 5.74. The summed E-state index contributed by atoms with van der Waals surface area (Å²) in [7, 11) is 0. The average Bonchev–Trinajstić information content (AvgIpc) is 2.15. The van der Waals surface area contributed by atoms with Gasteiger partial charge in [-0.2, -0.15) is 0 Å². The van der Waals surface area contributed by atoms with Gasteiger partial charge in [0.2, 0.25) is 0 Å². The predicted molar refractivity (Wildman–Crippen MR) is 61.7 cm³/mol. The van der Waals surface area contributed by atoms with Crippen molar-refractivity contribution in [2.45, 2.75) is 46.5 Å². The van der Waals surface area contributed by atoms with E-state index in [0.29, 0.717) is 11.0 Å². The lowest BCUT2D eigenvalue weighted by molar-refractivity contribution is -0.133. The summed E-state index contributed by atoms with van der Waals surface area (Å²) in [5.74, 6) is 0.116. The minimum atomic E-state index is -0.825. The molecule has 1 aliphatic rings. The molecule has 0 spiro atoms. The fourth-order valence-electron chi connectivity index (χ4n) is 2.48. The zero-order chi connectivity index (χ0) is 11.6. The Bertz CT molecular complexity index is 252. The van der Waals surface area contributed by atoms with Gasteiger partial charge in [-0.25, -0.2) is 4.79 Å². The first-order valence-corrected chi connectivity index (χ1v) is 5.74. The van der Waals surface area contributed by atoms with E-state index in [0.717, 1.165) is 31.6 Å². The average molecular weight is 210 g/mol. The van der Waals surface area contributed by atoms with E-state index >= 15 is 0 Å². The third-order valence-electron chi connectivity index (χ3n) is 3.72. The molecular weight excluding hydrogens is 188 g/mol. The van der Waals surface area contributed by atoms with Gasteiger partial charge in [0, 0.05) is 5.57 Å². The highest BCUT2D eigenvalue weighted by molar-refractivity contribution is 5.86. The molecule has 0 amide bonds. The van der Waals surface area contributed by atoms with E-state index in [1.807, 2.05) is 0 Å². The quantitative estimate of drug-likeness (QED) is 0.708. The van der Waals surface area contributed by atoms with Crippen molar-refractivity contribution in [1.29, 1.82) is 0 Å². The molecule has 1 saturated carbocycles. The van der Waals surface area contributed by atoms with E-state index in [1.165, 1.54) is 0 Å². The van der Waals surface area contributed by atoms with Crippen LogP contribution >= 0.6 is 0 Å². The summed E-state index contributed by atoms with van der Waals surface area (Å²) >= 11 is 0. The molecule has 0 saturated heterocycles. The Balaban J connectivity index is 2.50. The minimum absolute atomic E-state index is 0.209. The molecular formula is C13H22O2. The van der Waals surface area contributed by atoms with E-state index in [4.69, 9.17) is 5.11 Å². The monoisotopic (exact) mass is 210 g/mol. The molecule has 15 heavy (non-hydrogen) atoms. The second kappa shape index (κ2) is 4.38. The van der Waals surface area contributed by atoms with Gasteiger partial charge in [0.25, 0.3) is 0 Å². The van der Waals surface area contributed by atoms with Crippen molar-refractivity contribution < 1.29 is 9.90 Å². The highest BCUT2D eigenvalue weighted by atomic mass is 16.4. The molecule has 0 atom stereocenters. The van der Waals surface area contributed by atoms with Crippen LogP contribution in [0.1, 0.15) is 46.5 Å². The summed E-state index contributed by atoms with van der Waals surface area (Å²) in [6, 6.07) is 0. The maximum atomic E-state index is 10.8. The summed E-state index contributed by atoms with van der Waals surface area (Å²) < 4.78 is 0. The van der Waals surface area contributed by atoms with Gasteiger partial charge in [0.1, 0.15) is 0 Å². The number of hydrogen-bond acceptors (Lipinski definition) is 1. The molecule has 2 heteroatoms. The van der Waals surface area contributed by atoms with E-state index in [-0.39, 0.29) is 5.92 Å². The largest absolute Gasteiger partial charge is 0.478 e. The van der Waals surface area contributed by atoms with Gasteiger partial charge >= 0.3 is 5.97 Å². The van der Waals surface area contributed by atoms with Crippen LogP contribution in [0.2, 0.25) is 0 Å². The molecule has 0 aromatic heterocycles. The number of rotatable bonds is 2.